The molecule has 0 aromatic rings. The number of halogens is 1. The second kappa shape index (κ2) is 26.7. The molecule has 2 N–H and O–H groups in total. The third-order valence-electron chi connectivity index (χ3n) is 0. The molecule has 0 atom stereocenters. The first-order chi connectivity index (χ1) is 1.41. The van der Waals surface area contributed by atoms with E-state index >= 15 is 0 Å². The fraction of sp³-hybridized carbons (Fsp3) is 0. The molecule has 0 bridgehead atoms. The number of primary amides is 1. The van der Waals surface area contributed by atoms with Crippen LogP contribution >= 0.6 is 0 Å². The normalized spacial score (nSPS) is 2.40. The molecule has 0 aliphatic carbocycles. The fourth-order valence-electron chi connectivity index (χ4n) is 0. The number of hydrogen-bond acceptors (Lipinski definition) is 1. The van der Waals surface area contributed by atoms with Crippen LogP contribution in [0.1, 0.15) is 0 Å². The van der Waals surface area contributed by atoms with Gasteiger partial charge in [0, 0.05) is 0 Å². The molecule has 5 heavy (non-hydrogen) atoms. The monoisotopic (exact) mass is 87.0 g/mol. The van der Waals surface area contributed by atoms with Crippen molar-refractivity contribution >= 4 is 6.41 Å². The van der Waals surface area contributed by atoms with Gasteiger partial charge in [0.05, 0.1) is 0 Å². The van der Waals surface area contributed by atoms with Gasteiger partial charge < -0.3 is 18.1 Å². The molecule has 0 spiro atoms. The van der Waals surface area contributed by atoms with Crippen molar-refractivity contribution in [3.05, 3.63) is 0 Å². The summed E-state index contributed by atoms with van der Waals surface area (Å²) in [5.74, 6) is 0. The van der Waals surface area contributed by atoms with E-state index in [0.717, 1.165) is 0 Å². The predicted octanol–water partition coefficient (Wildman–Crippen LogP) is -6.89. The summed E-state index contributed by atoms with van der Waals surface area (Å²) >= 11 is 0. The van der Waals surface area contributed by atoms with Crippen LogP contribution in [0.4, 0.5) is 0 Å². The van der Waals surface area contributed by atoms with Gasteiger partial charge in [-0.3, -0.25) is 4.79 Å². The van der Waals surface area contributed by atoms with E-state index in [1.165, 1.54) is 0 Å². The molecule has 0 saturated carbocycles. The zero-order valence-corrected chi connectivity index (χ0v) is 3.70. The minimum absolute atomic E-state index is 0. The van der Waals surface area contributed by atoms with Crippen molar-refractivity contribution in [2.24, 2.45) is 5.73 Å². The van der Waals surface area contributed by atoms with Crippen molar-refractivity contribution < 1.29 is 36.1 Å². The van der Waals surface area contributed by atoms with Gasteiger partial charge in [-0.15, -0.1) is 0 Å². The number of rotatable bonds is 0. The molecule has 0 saturated heterocycles. The Bertz CT molecular complexity index is 19.1. The van der Waals surface area contributed by atoms with Crippen molar-refractivity contribution in [3.63, 3.8) is 0 Å². The second-order valence-corrected chi connectivity index (χ2v) is 0.136. The molecule has 4 heteroatoms. The number of carbonyl (C=O) groups is 1. The van der Waals surface area contributed by atoms with Gasteiger partial charge in [-0.1, -0.05) is 0 Å². The zero-order chi connectivity index (χ0) is 2.71. The first-order valence-electron chi connectivity index (χ1n) is 0.569. The SMILES string of the molecule is NC=O.[Cl-].[Li+]. The van der Waals surface area contributed by atoms with Gasteiger partial charge in [0.1, 0.15) is 0 Å². The van der Waals surface area contributed by atoms with Gasteiger partial charge in [-0.05, 0) is 0 Å². The number of hydrogen-bond donors (Lipinski definition) is 1. The minimum atomic E-state index is 0. The molecule has 0 rings (SSSR count). The maximum Gasteiger partial charge on any atom is 1.00 e. The van der Waals surface area contributed by atoms with Crippen LogP contribution in [-0.4, -0.2) is 6.41 Å². The Kier molecular flexibility index (Phi) is 97.6. The third kappa shape index (κ3) is 190. The van der Waals surface area contributed by atoms with Crippen LogP contribution in [0.2, 0.25) is 0 Å². The summed E-state index contributed by atoms with van der Waals surface area (Å²) in [4.78, 5) is 8.58. The van der Waals surface area contributed by atoms with Crippen molar-refractivity contribution in [1.29, 1.82) is 0 Å². The van der Waals surface area contributed by atoms with Gasteiger partial charge in [0.2, 0.25) is 6.41 Å². The number of nitrogens with two attached hydrogens (primary N) is 1. The maximum absolute atomic E-state index is 8.58. The maximum atomic E-state index is 8.58. The molecule has 1 amide bonds. The summed E-state index contributed by atoms with van der Waals surface area (Å²) in [5.41, 5.74) is 4.17. The smallest absolute Gasteiger partial charge is 1.00 e. The van der Waals surface area contributed by atoms with Crippen LogP contribution < -0.4 is 37.0 Å². The predicted molar refractivity (Wildman–Crippen MR) is 10.3 cm³/mol. The van der Waals surface area contributed by atoms with E-state index in [2.05, 4.69) is 5.73 Å². The van der Waals surface area contributed by atoms with E-state index in [1.807, 2.05) is 0 Å². The Balaban J connectivity index is -0.0000000200. The second-order valence-electron chi connectivity index (χ2n) is 0.136. The number of carbonyl (C=O) groups excluding carboxylic acids is 1. The van der Waals surface area contributed by atoms with Gasteiger partial charge in [-0.25, -0.2) is 0 Å². The first-order valence-corrected chi connectivity index (χ1v) is 0.569. The molecular weight excluding hydrogens is 84.4 g/mol. The molecular formula is CH3ClLiNO. The van der Waals surface area contributed by atoms with Gasteiger partial charge in [0.15, 0.2) is 0 Å². The topological polar surface area (TPSA) is 43.1 Å². The molecule has 0 fully saturated rings. The third-order valence-corrected chi connectivity index (χ3v) is 0. The van der Waals surface area contributed by atoms with Crippen LogP contribution in [0.25, 0.3) is 0 Å². The van der Waals surface area contributed by atoms with E-state index in [1.54, 1.807) is 0 Å². The van der Waals surface area contributed by atoms with Crippen molar-refractivity contribution in [3.8, 4) is 0 Å². The molecule has 0 aromatic heterocycles. The van der Waals surface area contributed by atoms with Crippen molar-refractivity contribution in [1.82, 2.24) is 0 Å². The largest absolute Gasteiger partial charge is 1.00 e. The Morgan fingerprint density at radius 3 is 1.60 bits per heavy atom. The Hall–Kier alpha value is 0.357. The average Bonchev–Trinajstić information content (AvgIpc) is 0.918. The van der Waals surface area contributed by atoms with Crippen LogP contribution in [0.5, 0.6) is 0 Å². The first kappa shape index (κ1) is 18.3. The summed E-state index contributed by atoms with van der Waals surface area (Å²) in [6.07, 6.45) is 0.250. The summed E-state index contributed by atoms with van der Waals surface area (Å²) in [7, 11) is 0. The van der Waals surface area contributed by atoms with E-state index in [9.17, 15) is 0 Å². The molecule has 26 valence electrons. The van der Waals surface area contributed by atoms with E-state index in [0.29, 0.717) is 0 Å². The Morgan fingerprint density at radius 2 is 1.60 bits per heavy atom. The van der Waals surface area contributed by atoms with Gasteiger partial charge >= 0.3 is 18.9 Å². The van der Waals surface area contributed by atoms with Crippen LogP contribution in [0, 0.1) is 0 Å². The summed E-state index contributed by atoms with van der Waals surface area (Å²) in [6, 6.07) is 0. The van der Waals surface area contributed by atoms with E-state index in [4.69, 9.17) is 4.79 Å². The van der Waals surface area contributed by atoms with Gasteiger partial charge in [0.25, 0.3) is 0 Å². The molecule has 0 heterocycles. The fourth-order valence-corrected chi connectivity index (χ4v) is 0. The van der Waals surface area contributed by atoms with Gasteiger partial charge in [-0.2, -0.15) is 0 Å². The minimum Gasteiger partial charge on any atom is -1.00 e. The van der Waals surface area contributed by atoms with E-state index < -0.39 is 0 Å². The Morgan fingerprint density at radius 1 is 1.60 bits per heavy atom. The molecule has 0 aliphatic heterocycles. The summed E-state index contributed by atoms with van der Waals surface area (Å²) < 4.78 is 0. The van der Waals surface area contributed by atoms with E-state index in [-0.39, 0.29) is 37.7 Å². The average molecular weight is 87.4 g/mol. The quantitative estimate of drug-likeness (QED) is 0.232. The molecule has 2 nitrogen and oxygen atoms in total. The molecule has 0 unspecified atom stereocenters. The van der Waals surface area contributed by atoms with Crippen molar-refractivity contribution in [2.45, 2.75) is 0 Å². The molecule has 0 aromatic carbocycles. The molecule has 0 aliphatic rings. The van der Waals surface area contributed by atoms with Crippen LogP contribution in [0.15, 0.2) is 0 Å². The summed E-state index contributed by atoms with van der Waals surface area (Å²) in [6.45, 7) is 0. The van der Waals surface area contributed by atoms with Crippen LogP contribution in [0.3, 0.4) is 0 Å². The zero-order valence-electron chi connectivity index (χ0n) is 2.94. The van der Waals surface area contributed by atoms with Crippen molar-refractivity contribution in [2.75, 3.05) is 0 Å². The molecule has 0 radical (unpaired) electrons. The Labute approximate surface area is 48.7 Å². The number of amides is 1. The standard InChI is InChI=1S/CH3NO.ClH.Li/c2-1-3;;/h1H,(H2,2,3);1H;/q;;+1/p-1. The summed E-state index contributed by atoms with van der Waals surface area (Å²) in [5, 5.41) is 0. The van der Waals surface area contributed by atoms with Crippen LogP contribution in [-0.2, 0) is 4.79 Å².